The molecule has 0 saturated carbocycles. The summed E-state index contributed by atoms with van der Waals surface area (Å²) in [5.41, 5.74) is 1.04. The summed E-state index contributed by atoms with van der Waals surface area (Å²) in [7, 11) is 0. The van der Waals surface area contributed by atoms with E-state index in [0.29, 0.717) is 24.2 Å². The fourth-order valence-electron chi connectivity index (χ4n) is 1.61. The van der Waals surface area contributed by atoms with Gasteiger partial charge in [-0.1, -0.05) is 0 Å². The first-order chi connectivity index (χ1) is 9.18. The number of pyridine rings is 1. The second-order valence-electron chi connectivity index (χ2n) is 4.07. The molecule has 0 aliphatic rings. The Hall–Kier alpha value is -2.50. The van der Waals surface area contributed by atoms with Crippen molar-refractivity contribution in [3.63, 3.8) is 0 Å². The lowest BCUT2D eigenvalue weighted by Crippen LogP contribution is -2.31. The number of nitrogens with zero attached hydrogens (tertiary/aromatic N) is 3. The number of amides is 1. The molecule has 6 nitrogen and oxygen atoms in total. The van der Waals surface area contributed by atoms with Crippen molar-refractivity contribution in [3.8, 4) is 0 Å². The zero-order valence-corrected chi connectivity index (χ0v) is 10.5. The van der Waals surface area contributed by atoms with E-state index in [0.717, 1.165) is 0 Å². The summed E-state index contributed by atoms with van der Waals surface area (Å²) in [4.78, 5) is 31.2. The zero-order chi connectivity index (χ0) is 13.7. The van der Waals surface area contributed by atoms with Crippen LogP contribution in [0.3, 0.4) is 0 Å². The smallest absolute Gasteiger partial charge is 0.256 e. The first-order valence-corrected chi connectivity index (χ1v) is 5.88. The van der Waals surface area contributed by atoms with Gasteiger partial charge < -0.3 is 5.32 Å². The Balaban J connectivity index is 1.92. The van der Waals surface area contributed by atoms with E-state index in [-0.39, 0.29) is 11.5 Å². The Kier molecular flexibility index (Phi) is 4.02. The lowest BCUT2D eigenvalue weighted by molar-refractivity contribution is 0.0952. The Bertz CT molecular complexity index is 622. The summed E-state index contributed by atoms with van der Waals surface area (Å²) in [5, 5.41) is 2.74. The van der Waals surface area contributed by atoms with Gasteiger partial charge in [0.05, 0.1) is 6.33 Å². The second kappa shape index (κ2) is 5.90. The fourth-order valence-corrected chi connectivity index (χ4v) is 1.61. The average Bonchev–Trinajstić information content (AvgIpc) is 2.44. The summed E-state index contributed by atoms with van der Waals surface area (Å²) in [6.45, 7) is 2.47. The summed E-state index contributed by atoms with van der Waals surface area (Å²) < 4.78 is 1.47. The van der Waals surface area contributed by atoms with Gasteiger partial charge in [-0.05, 0) is 19.1 Å². The molecule has 98 valence electrons. The van der Waals surface area contributed by atoms with E-state index in [4.69, 9.17) is 0 Å². The van der Waals surface area contributed by atoms with Crippen molar-refractivity contribution in [2.75, 3.05) is 6.54 Å². The Morgan fingerprint density at radius 1 is 1.32 bits per heavy atom. The number of carbonyl (C=O) groups excluding carboxylic acids is 1. The van der Waals surface area contributed by atoms with Gasteiger partial charge in [-0.25, -0.2) is 4.98 Å². The Morgan fingerprint density at radius 3 is 2.79 bits per heavy atom. The molecule has 0 bridgehead atoms. The second-order valence-corrected chi connectivity index (χ2v) is 4.07. The van der Waals surface area contributed by atoms with Gasteiger partial charge in [0, 0.05) is 42.8 Å². The molecule has 2 heterocycles. The summed E-state index contributed by atoms with van der Waals surface area (Å²) >= 11 is 0. The maximum atomic E-state index is 11.7. The minimum absolute atomic E-state index is 0.0897. The number of carbonyl (C=O) groups is 1. The molecule has 6 heteroatoms. The number of nitrogens with one attached hydrogen (secondary N) is 1. The van der Waals surface area contributed by atoms with Gasteiger partial charge in [-0.2, -0.15) is 0 Å². The molecular weight excluding hydrogens is 244 g/mol. The van der Waals surface area contributed by atoms with Crippen LogP contribution in [0.25, 0.3) is 0 Å². The van der Waals surface area contributed by atoms with E-state index in [1.165, 1.54) is 17.1 Å². The van der Waals surface area contributed by atoms with Gasteiger partial charge in [0.15, 0.2) is 0 Å². The molecule has 2 aromatic rings. The van der Waals surface area contributed by atoms with Crippen molar-refractivity contribution >= 4 is 5.91 Å². The normalized spacial score (nSPS) is 10.2. The van der Waals surface area contributed by atoms with E-state index < -0.39 is 0 Å². The Morgan fingerprint density at radius 2 is 2.05 bits per heavy atom. The third-order valence-electron chi connectivity index (χ3n) is 2.65. The Labute approximate surface area is 110 Å². The van der Waals surface area contributed by atoms with E-state index >= 15 is 0 Å². The van der Waals surface area contributed by atoms with Gasteiger partial charge in [0.1, 0.15) is 0 Å². The minimum Gasteiger partial charge on any atom is -0.350 e. The van der Waals surface area contributed by atoms with Crippen LogP contribution in [0, 0.1) is 6.92 Å². The van der Waals surface area contributed by atoms with E-state index in [2.05, 4.69) is 15.3 Å². The van der Waals surface area contributed by atoms with Crippen LogP contribution < -0.4 is 10.9 Å². The van der Waals surface area contributed by atoms with Gasteiger partial charge in [-0.15, -0.1) is 0 Å². The van der Waals surface area contributed by atoms with Crippen LogP contribution >= 0.6 is 0 Å². The van der Waals surface area contributed by atoms with Gasteiger partial charge in [-0.3, -0.25) is 19.1 Å². The van der Waals surface area contributed by atoms with Crippen LogP contribution in [0.1, 0.15) is 15.9 Å². The van der Waals surface area contributed by atoms with Crippen LogP contribution in [0.2, 0.25) is 0 Å². The van der Waals surface area contributed by atoms with Gasteiger partial charge >= 0.3 is 0 Å². The maximum absolute atomic E-state index is 11.7. The van der Waals surface area contributed by atoms with E-state index in [9.17, 15) is 9.59 Å². The molecule has 2 rings (SSSR count). The standard InChI is InChI=1S/C13H14N4O2/c1-10-8-15-9-17(13(10)19)7-6-16-12(18)11-2-4-14-5-3-11/h2-5,8-9H,6-7H2,1H3,(H,16,18). The third-order valence-corrected chi connectivity index (χ3v) is 2.65. The van der Waals surface area contributed by atoms with E-state index in [1.807, 2.05) is 0 Å². The largest absolute Gasteiger partial charge is 0.350 e. The molecule has 0 unspecified atom stereocenters. The highest BCUT2D eigenvalue weighted by molar-refractivity contribution is 5.93. The molecule has 0 aromatic carbocycles. The number of hydrogen-bond acceptors (Lipinski definition) is 4. The number of rotatable bonds is 4. The molecule has 0 aliphatic carbocycles. The van der Waals surface area contributed by atoms with Crippen LogP contribution in [0.15, 0.2) is 41.8 Å². The highest BCUT2D eigenvalue weighted by Crippen LogP contribution is 1.95. The average molecular weight is 258 g/mol. The quantitative estimate of drug-likeness (QED) is 0.860. The molecule has 0 fully saturated rings. The number of aryl methyl sites for hydroxylation is 1. The van der Waals surface area contributed by atoms with Crippen molar-refractivity contribution in [3.05, 3.63) is 58.5 Å². The van der Waals surface area contributed by atoms with Crippen LogP contribution in [-0.2, 0) is 6.54 Å². The predicted molar refractivity (Wildman–Crippen MR) is 69.8 cm³/mol. The minimum atomic E-state index is -0.184. The molecule has 0 aliphatic heterocycles. The first-order valence-electron chi connectivity index (χ1n) is 5.88. The van der Waals surface area contributed by atoms with Gasteiger partial charge in [0.2, 0.25) is 0 Å². The predicted octanol–water partition coefficient (Wildman–Crippen LogP) is 0.377. The van der Waals surface area contributed by atoms with Crippen LogP contribution in [0.4, 0.5) is 0 Å². The summed E-state index contributed by atoms with van der Waals surface area (Å²) in [6.07, 6.45) is 6.11. The maximum Gasteiger partial charge on any atom is 0.256 e. The SMILES string of the molecule is Cc1cncn(CCNC(=O)c2ccncc2)c1=O. The van der Waals surface area contributed by atoms with Crippen molar-refractivity contribution in [1.29, 1.82) is 0 Å². The van der Waals surface area contributed by atoms with Crippen molar-refractivity contribution in [1.82, 2.24) is 19.9 Å². The molecule has 19 heavy (non-hydrogen) atoms. The fraction of sp³-hybridized carbons (Fsp3) is 0.231. The van der Waals surface area contributed by atoms with Gasteiger partial charge in [0.25, 0.3) is 11.5 Å². The topological polar surface area (TPSA) is 76.9 Å². The number of hydrogen-bond donors (Lipinski definition) is 1. The molecule has 0 atom stereocenters. The summed E-state index contributed by atoms with van der Waals surface area (Å²) in [5.74, 6) is -0.184. The molecule has 1 N–H and O–H groups in total. The molecule has 0 spiro atoms. The van der Waals surface area contributed by atoms with Crippen molar-refractivity contribution in [2.24, 2.45) is 0 Å². The van der Waals surface area contributed by atoms with Crippen LogP contribution in [-0.4, -0.2) is 27.0 Å². The van der Waals surface area contributed by atoms with E-state index in [1.54, 1.807) is 31.5 Å². The molecule has 1 amide bonds. The summed E-state index contributed by atoms with van der Waals surface area (Å²) in [6, 6.07) is 3.27. The van der Waals surface area contributed by atoms with Crippen molar-refractivity contribution < 1.29 is 4.79 Å². The van der Waals surface area contributed by atoms with Crippen molar-refractivity contribution in [2.45, 2.75) is 13.5 Å². The molecule has 0 saturated heterocycles. The third kappa shape index (κ3) is 3.25. The molecular formula is C13H14N4O2. The first kappa shape index (κ1) is 12.9. The lowest BCUT2D eigenvalue weighted by atomic mass is 10.2. The zero-order valence-electron chi connectivity index (χ0n) is 10.5. The lowest BCUT2D eigenvalue weighted by Gasteiger charge is -2.07. The number of aromatic nitrogens is 3. The monoisotopic (exact) mass is 258 g/mol. The highest BCUT2D eigenvalue weighted by Gasteiger charge is 2.04. The van der Waals surface area contributed by atoms with Crippen LogP contribution in [0.5, 0.6) is 0 Å². The highest BCUT2D eigenvalue weighted by atomic mass is 16.1. The molecule has 0 radical (unpaired) electrons. The molecule has 2 aromatic heterocycles.